The summed E-state index contributed by atoms with van der Waals surface area (Å²) in [6.45, 7) is 23.8. The van der Waals surface area contributed by atoms with Gasteiger partial charge in [0.15, 0.2) is 0 Å². The Labute approximate surface area is 330 Å². The molecule has 0 saturated heterocycles. The quantitative estimate of drug-likeness (QED) is 0.128. The molecular weight excluding hydrogens is 847 g/mol. The summed E-state index contributed by atoms with van der Waals surface area (Å²) in [5, 5.41) is 3.91. The van der Waals surface area contributed by atoms with Gasteiger partial charge in [-0.15, -0.1) is 59.7 Å². The van der Waals surface area contributed by atoms with Crippen molar-refractivity contribution in [3.63, 3.8) is 0 Å². The summed E-state index contributed by atoms with van der Waals surface area (Å²) in [7, 11) is -1.27. The van der Waals surface area contributed by atoms with Crippen molar-refractivity contribution in [2.24, 2.45) is 0 Å². The number of hydrogen-bond acceptors (Lipinski definition) is 4. The summed E-state index contributed by atoms with van der Waals surface area (Å²) in [6, 6.07) is 34.1. The van der Waals surface area contributed by atoms with Crippen LogP contribution in [0, 0.1) is 32.9 Å². The molecule has 0 saturated carbocycles. The maximum absolute atomic E-state index is 8.80. The molecule has 7 aromatic rings. The summed E-state index contributed by atoms with van der Waals surface area (Å²) in [4.78, 5) is 14.0. The second kappa shape index (κ2) is 15.7. The van der Waals surface area contributed by atoms with Gasteiger partial charge in [0.2, 0.25) is 0 Å². The van der Waals surface area contributed by atoms with Gasteiger partial charge in [-0.2, -0.15) is 11.3 Å². The van der Waals surface area contributed by atoms with Gasteiger partial charge in [0.1, 0.15) is 0 Å². The molecule has 0 atom stereocenters. The van der Waals surface area contributed by atoms with Crippen molar-refractivity contribution in [2.75, 3.05) is 0 Å². The van der Waals surface area contributed by atoms with Crippen LogP contribution in [0.4, 0.5) is 0 Å². The van der Waals surface area contributed by atoms with E-state index >= 15 is 0 Å². The number of rotatable bonds is 5. The standard InChI is InChI=1S/C31H31N2S.C15H18NSi.Ir/c1-18(2)26-16-28(32-17-27(26)31(5,6)7)25-10-8-9-24-23-12-11-21(15-29(23)34-30(24)25)22-13-19(3)33-20(4)14-22;1-12-10-14(13-8-6-5-7-9-13)16-11-15(12)17(2,3)4;/h8-9,11-18H,1-7H3;5-8,10-11H,1-4H3;/q2*-1;/i18D;;. The van der Waals surface area contributed by atoms with E-state index in [2.05, 4.69) is 130 Å². The first-order chi connectivity index (χ1) is 24.4. The predicted molar refractivity (Wildman–Crippen MR) is 223 cm³/mol. The Morgan fingerprint density at radius 3 is 2.10 bits per heavy atom. The molecular formula is C46H49IrN3SSi-2. The first-order valence-electron chi connectivity index (χ1n) is 18.2. The minimum atomic E-state index is -1.27. The average Bonchev–Trinajstić information content (AvgIpc) is 3.45. The zero-order chi connectivity index (χ0) is 37.6. The van der Waals surface area contributed by atoms with Crippen LogP contribution in [0.5, 0.6) is 0 Å². The van der Waals surface area contributed by atoms with Crippen LogP contribution in [0.1, 0.15) is 70.0 Å². The van der Waals surface area contributed by atoms with E-state index in [1.165, 1.54) is 42.0 Å². The fraction of sp³-hybridized carbons (Fsp3) is 0.283. The van der Waals surface area contributed by atoms with E-state index in [0.29, 0.717) is 0 Å². The summed E-state index contributed by atoms with van der Waals surface area (Å²) in [6.07, 6.45) is 4.02. The first kappa shape index (κ1) is 37.9. The van der Waals surface area contributed by atoms with Crippen LogP contribution in [0.25, 0.3) is 53.8 Å². The van der Waals surface area contributed by atoms with Crippen LogP contribution in [-0.4, -0.2) is 23.0 Å². The Hall–Kier alpha value is -3.80. The third-order valence-electron chi connectivity index (χ3n) is 9.26. The molecule has 0 aliphatic carbocycles. The number of aryl methyl sites for hydroxylation is 3. The molecule has 0 fully saturated rings. The Morgan fingerprint density at radius 2 is 1.48 bits per heavy atom. The van der Waals surface area contributed by atoms with Crippen molar-refractivity contribution >= 4 is 44.8 Å². The van der Waals surface area contributed by atoms with E-state index in [-0.39, 0.29) is 25.5 Å². The molecule has 4 heterocycles. The molecule has 7 rings (SSSR count). The maximum atomic E-state index is 8.80. The van der Waals surface area contributed by atoms with Crippen LogP contribution in [-0.2, 0) is 25.5 Å². The van der Waals surface area contributed by atoms with Crippen LogP contribution >= 0.6 is 11.3 Å². The molecule has 3 nitrogen and oxygen atoms in total. The Kier molecular flexibility index (Phi) is 11.4. The first-order valence-corrected chi connectivity index (χ1v) is 22.0. The third-order valence-corrected chi connectivity index (χ3v) is 12.6. The van der Waals surface area contributed by atoms with E-state index in [1.807, 2.05) is 58.2 Å². The molecule has 0 unspecified atom stereocenters. The smallest absolute Gasteiger partial charge is 0.0798 e. The molecule has 269 valence electrons. The third kappa shape index (κ3) is 8.53. The molecule has 0 spiro atoms. The van der Waals surface area contributed by atoms with Gasteiger partial charge in [0, 0.05) is 50.0 Å². The summed E-state index contributed by atoms with van der Waals surface area (Å²) in [5.74, 6) is -0.718. The van der Waals surface area contributed by atoms with Crippen molar-refractivity contribution < 1.29 is 21.5 Å². The van der Waals surface area contributed by atoms with Gasteiger partial charge >= 0.3 is 0 Å². The second-order valence-corrected chi connectivity index (χ2v) is 21.9. The number of aromatic nitrogens is 3. The Balaban J connectivity index is 0.000000253. The molecule has 0 bridgehead atoms. The predicted octanol–water partition coefficient (Wildman–Crippen LogP) is 12.4. The fourth-order valence-electron chi connectivity index (χ4n) is 6.76. The van der Waals surface area contributed by atoms with Gasteiger partial charge in [-0.3, -0.25) is 4.98 Å². The van der Waals surface area contributed by atoms with Crippen molar-refractivity contribution in [1.82, 2.24) is 15.0 Å². The van der Waals surface area contributed by atoms with Crippen LogP contribution in [0.2, 0.25) is 19.6 Å². The molecule has 1 radical (unpaired) electrons. The number of thiophene rings is 1. The normalized spacial score (nSPS) is 12.2. The Bertz CT molecular complexity index is 2380. The molecule has 4 aromatic heterocycles. The number of hydrogen-bond donors (Lipinski definition) is 0. The van der Waals surface area contributed by atoms with Crippen molar-refractivity contribution in [1.29, 1.82) is 0 Å². The van der Waals surface area contributed by atoms with E-state index in [0.717, 1.165) is 45.0 Å². The molecule has 52 heavy (non-hydrogen) atoms. The van der Waals surface area contributed by atoms with Crippen LogP contribution in [0.3, 0.4) is 0 Å². The maximum Gasteiger partial charge on any atom is 0.0798 e. The minimum absolute atomic E-state index is 0. The van der Waals surface area contributed by atoms with Gasteiger partial charge in [0.05, 0.1) is 8.07 Å². The van der Waals surface area contributed by atoms with E-state index in [1.54, 1.807) is 11.3 Å². The largest absolute Gasteiger partial charge is 0.305 e. The molecule has 6 heteroatoms. The monoisotopic (exact) mass is 897 g/mol. The van der Waals surface area contributed by atoms with Gasteiger partial charge in [-0.25, -0.2) is 0 Å². The fourth-order valence-corrected chi connectivity index (χ4v) is 9.71. The number of fused-ring (bicyclic) bond motifs is 3. The second-order valence-electron chi connectivity index (χ2n) is 15.8. The summed E-state index contributed by atoms with van der Waals surface area (Å²) in [5.41, 5.74) is 11.9. The molecule has 0 aliphatic heterocycles. The van der Waals surface area contributed by atoms with Crippen LogP contribution < -0.4 is 5.19 Å². The molecule has 3 aromatic carbocycles. The number of benzene rings is 3. The number of pyridine rings is 3. The van der Waals surface area contributed by atoms with E-state index in [9.17, 15) is 0 Å². The topological polar surface area (TPSA) is 38.7 Å². The SMILES string of the molecule is Cc1cc(-c2[c-]cccc2)ncc1[Si](C)(C)C.[2H]C(C)(C)c1cc(-c2[c-]ccc3c2sc2cc(-c4cc(C)nc(C)c4)ccc23)ncc1C(C)(C)C.[Ir]. The number of nitrogens with zero attached hydrogens (tertiary/aromatic N) is 3. The van der Waals surface area contributed by atoms with Crippen molar-refractivity contribution in [3.8, 4) is 33.6 Å². The van der Waals surface area contributed by atoms with Crippen molar-refractivity contribution in [3.05, 3.63) is 131 Å². The zero-order valence-corrected chi connectivity index (χ0v) is 36.5. The van der Waals surface area contributed by atoms with Crippen molar-refractivity contribution in [2.45, 2.75) is 86.3 Å². The van der Waals surface area contributed by atoms with Gasteiger partial charge in [-0.05, 0) is 99.2 Å². The van der Waals surface area contributed by atoms with Gasteiger partial charge in [-0.1, -0.05) is 89.5 Å². The molecule has 0 aliphatic rings. The van der Waals surface area contributed by atoms with E-state index in [4.69, 9.17) is 6.35 Å². The zero-order valence-electron chi connectivity index (χ0n) is 33.2. The van der Waals surface area contributed by atoms with Crippen LogP contribution in [0.15, 0.2) is 91.3 Å². The van der Waals surface area contributed by atoms with Gasteiger partial charge in [0.25, 0.3) is 0 Å². The summed E-state index contributed by atoms with van der Waals surface area (Å²) < 4.78 is 11.2. The van der Waals surface area contributed by atoms with Gasteiger partial charge < -0.3 is 9.97 Å². The molecule has 0 amide bonds. The summed E-state index contributed by atoms with van der Waals surface area (Å²) >= 11 is 1.79. The van der Waals surface area contributed by atoms with E-state index < -0.39 is 14.0 Å². The molecule has 0 N–H and O–H groups in total. The average molecular weight is 897 g/mol. The minimum Gasteiger partial charge on any atom is -0.305 e. The Morgan fingerprint density at radius 1 is 0.769 bits per heavy atom.